The zero-order valence-corrected chi connectivity index (χ0v) is 16.3. The molecule has 0 atom stereocenters. The number of hydrogen-bond acceptors (Lipinski definition) is 7. The monoisotopic (exact) mass is 384 g/mol. The average Bonchev–Trinajstić information content (AvgIpc) is 3.24. The minimum atomic E-state index is 0.722. The SMILES string of the molecule is CN(C)Cc1nc(Sc2nccs2)c2c(-c3ccccc3)csc2n1. The lowest BCUT2D eigenvalue weighted by molar-refractivity contribution is 0.390. The molecule has 4 nitrogen and oxygen atoms in total. The largest absolute Gasteiger partial charge is 0.302 e. The van der Waals surface area contributed by atoms with Crippen molar-refractivity contribution in [2.45, 2.75) is 15.9 Å². The molecule has 126 valence electrons. The summed E-state index contributed by atoms with van der Waals surface area (Å²) in [7, 11) is 4.07. The van der Waals surface area contributed by atoms with E-state index in [4.69, 9.17) is 9.97 Å². The molecular formula is C18H16N4S3. The molecule has 0 spiro atoms. The molecule has 0 amide bonds. The number of aromatic nitrogens is 3. The van der Waals surface area contributed by atoms with E-state index in [1.165, 1.54) is 11.1 Å². The van der Waals surface area contributed by atoms with Crippen LogP contribution < -0.4 is 0 Å². The van der Waals surface area contributed by atoms with Crippen molar-refractivity contribution in [3.63, 3.8) is 0 Å². The number of nitrogens with zero attached hydrogens (tertiary/aromatic N) is 4. The molecule has 0 N–H and O–H groups in total. The third kappa shape index (κ3) is 3.59. The number of fused-ring (bicyclic) bond motifs is 1. The van der Waals surface area contributed by atoms with Crippen LogP contribution in [0, 0.1) is 0 Å². The predicted octanol–water partition coefficient (Wildman–Crippen LogP) is 5.03. The zero-order valence-electron chi connectivity index (χ0n) is 13.8. The second-order valence-corrected chi connectivity index (χ2v) is 8.77. The van der Waals surface area contributed by atoms with Gasteiger partial charge in [-0.05, 0) is 31.4 Å². The molecule has 0 saturated heterocycles. The molecule has 0 aliphatic carbocycles. The van der Waals surface area contributed by atoms with E-state index in [1.54, 1.807) is 34.4 Å². The van der Waals surface area contributed by atoms with E-state index in [-0.39, 0.29) is 0 Å². The fourth-order valence-corrected chi connectivity index (χ4v) is 5.28. The first-order valence-electron chi connectivity index (χ1n) is 7.76. The predicted molar refractivity (Wildman–Crippen MR) is 106 cm³/mol. The lowest BCUT2D eigenvalue weighted by atomic mass is 10.1. The molecule has 0 aliphatic heterocycles. The second kappa shape index (κ2) is 7.21. The summed E-state index contributed by atoms with van der Waals surface area (Å²) >= 11 is 4.93. The van der Waals surface area contributed by atoms with Gasteiger partial charge in [-0.25, -0.2) is 15.0 Å². The van der Waals surface area contributed by atoms with Crippen molar-refractivity contribution in [3.8, 4) is 11.1 Å². The van der Waals surface area contributed by atoms with Gasteiger partial charge in [0, 0.05) is 22.5 Å². The third-order valence-corrected chi connectivity index (χ3v) is 6.33. The highest BCUT2D eigenvalue weighted by molar-refractivity contribution is 8.01. The van der Waals surface area contributed by atoms with E-state index in [0.29, 0.717) is 0 Å². The number of thiazole rings is 1. The van der Waals surface area contributed by atoms with Gasteiger partial charge in [-0.15, -0.1) is 22.7 Å². The van der Waals surface area contributed by atoms with Crippen LogP contribution in [0.4, 0.5) is 0 Å². The first-order chi connectivity index (χ1) is 12.2. The van der Waals surface area contributed by atoms with Crippen molar-refractivity contribution < 1.29 is 0 Å². The van der Waals surface area contributed by atoms with Crippen molar-refractivity contribution in [2.75, 3.05) is 14.1 Å². The van der Waals surface area contributed by atoms with Crippen molar-refractivity contribution in [1.29, 1.82) is 0 Å². The molecule has 0 aliphatic rings. The van der Waals surface area contributed by atoms with Gasteiger partial charge in [0.15, 0.2) is 4.34 Å². The lowest BCUT2D eigenvalue weighted by Crippen LogP contribution is -2.13. The highest BCUT2D eigenvalue weighted by Crippen LogP contribution is 2.40. The Bertz CT molecular complexity index is 978. The third-order valence-electron chi connectivity index (χ3n) is 3.58. The van der Waals surface area contributed by atoms with Crippen molar-refractivity contribution in [2.24, 2.45) is 0 Å². The molecule has 4 rings (SSSR count). The Kier molecular flexibility index (Phi) is 4.80. The number of hydrogen-bond donors (Lipinski definition) is 0. The minimum absolute atomic E-state index is 0.722. The van der Waals surface area contributed by atoms with Crippen molar-refractivity contribution >= 4 is 44.7 Å². The van der Waals surface area contributed by atoms with Crippen LogP contribution in [0.15, 0.2) is 56.7 Å². The van der Waals surface area contributed by atoms with E-state index in [2.05, 4.69) is 39.5 Å². The maximum atomic E-state index is 4.86. The fraction of sp³-hybridized carbons (Fsp3) is 0.167. The minimum Gasteiger partial charge on any atom is -0.302 e. The first-order valence-corrected chi connectivity index (χ1v) is 10.3. The number of benzene rings is 1. The molecule has 0 saturated carbocycles. The molecule has 3 aromatic heterocycles. The van der Waals surface area contributed by atoms with Crippen LogP contribution >= 0.6 is 34.4 Å². The highest BCUT2D eigenvalue weighted by Gasteiger charge is 2.17. The summed E-state index contributed by atoms with van der Waals surface area (Å²) in [5.74, 6) is 0.845. The van der Waals surface area contributed by atoms with Gasteiger partial charge in [-0.1, -0.05) is 30.3 Å². The molecule has 0 unspecified atom stereocenters. The Morgan fingerprint density at radius 2 is 1.92 bits per heavy atom. The summed E-state index contributed by atoms with van der Waals surface area (Å²) in [6.45, 7) is 0.722. The van der Waals surface area contributed by atoms with Crippen LogP contribution in [0.5, 0.6) is 0 Å². The Hall–Kier alpha value is -1.80. The molecule has 4 aromatic rings. The molecule has 25 heavy (non-hydrogen) atoms. The van der Waals surface area contributed by atoms with Crippen LogP contribution in [-0.2, 0) is 6.54 Å². The lowest BCUT2D eigenvalue weighted by Gasteiger charge is -2.10. The van der Waals surface area contributed by atoms with Gasteiger partial charge in [0.25, 0.3) is 0 Å². The first kappa shape index (κ1) is 16.7. The Labute approximate surface area is 158 Å². The smallest absolute Gasteiger partial charge is 0.156 e. The van der Waals surface area contributed by atoms with Gasteiger partial charge >= 0.3 is 0 Å². The highest BCUT2D eigenvalue weighted by atomic mass is 32.2. The summed E-state index contributed by atoms with van der Waals surface area (Å²) < 4.78 is 1.00. The summed E-state index contributed by atoms with van der Waals surface area (Å²) in [5.41, 5.74) is 2.38. The van der Waals surface area contributed by atoms with Crippen molar-refractivity contribution in [1.82, 2.24) is 19.9 Å². The Morgan fingerprint density at radius 1 is 1.08 bits per heavy atom. The second-order valence-electron chi connectivity index (χ2n) is 5.78. The van der Waals surface area contributed by atoms with Crippen LogP contribution in [0.3, 0.4) is 0 Å². The van der Waals surface area contributed by atoms with Gasteiger partial charge < -0.3 is 4.90 Å². The summed E-state index contributed by atoms with van der Waals surface area (Å²) in [6.07, 6.45) is 1.83. The normalized spacial score (nSPS) is 11.5. The topological polar surface area (TPSA) is 41.9 Å². The molecule has 0 bridgehead atoms. The molecule has 1 aromatic carbocycles. The molecular weight excluding hydrogens is 368 g/mol. The van der Waals surface area contributed by atoms with Gasteiger partial charge in [-0.2, -0.15) is 0 Å². The molecule has 0 fully saturated rings. The Morgan fingerprint density at radius 3 is 2.64 bits per heavy atom. The van der Waals surface area contributed by atoms with Gasteiger partial charge in [0.05, 0.1) is 11.9 Å². The number of rotatable bonds is 5. The van der Waals surface area contributed by atoms with Crippen molar-refractivity contribution in [3.05, 3.63) is 53.1 Å². The summed E-state index contributed by atoms with van der Waals surface area (Å²) in [4.78, 5) is 17.2. The quantitative estimate of drug-likeness (QED) is 0.452. The molecule has 0 radical (unpaired) electrons. The maximum Gasteiger partial charge on any atom is 0.156 e. The summed E-state index contributed by atoms with van der Waals surface area (Å²) in [5, 5.41) is 6.28. The van der Waals surface area contributed by atoms with Gasteiger partial charge in [-0.3, -0.25) is 0 Å². The van der Waals surface area contributed by atoms with Crippen LogP contribution in [0.1, 0.15) is 5.82 Å². The van der Waals surface area contributed by atoms with Crippen LogP contribution in [0.25, 0.3) is 21.3 Å². The Balaban J connectivity index is 1.88. The van der Waals surface area contributed by atoms with Crippen LogP contribution in [-0.4, -0.2) is 33.9 Å². The van der Waals surface area contributed by atoms with E-state index >= 15 is 0 Å². The fourth-order valence-electron chi connectivity index (χ4n) is 2.55. The molecule has 3 heterocycles. The maximum absolute atomic E-state index is 4.86. The van der Waals surface area contributed by atoms with Gasteiger partial charge in [0.1, 0.15) is 15.7 Å². The zero-order chi connectivity index (χ0) is 17.2. The van der Waals surface area contributed by atoms with E-state index < -0.39 is 0 Å². The van der Waals surface area contributed by atoms with Crippen LogP contribution in [0.2, 0.25) is 0 Å². The van der Waals surface area contributed by atoms with Gasteiger partial charge in [0.2, 0.25) is 0 Å². The molecule has 7 heteroatoms. The average molecular weight is 385 g/mol. The van der Waals surface area contributed by atoms with E-state index in [9.17, 15) is 0 Å². The number of thiophene rings is 1. The summed E-state index contributed by atoms with van der Waals surface area (Å²) in [6, 6.07) is 10.4. The van der Waals surface area contributed by atoms with E-state index in [1.807, 2.05) is 31.7 Å². The van der Waals surface area contributed by atoms with E-state index in [0.717, 1.165) is 32.0 Å². The standard InChI is InChI=1S/C18H16N4S3/c1-22(2)10-14-20-16-15(17(21-14)25-18-19-8-9-23-18)13(11-24-16)12-6-4-3-5-7-12/h3-9,11H,10H2,1-2H3.